The molecule has 1 aliphatic heterocycles. The Kier molecular flexibility index (Phi) is 4.43. The molecule has 1 unspecified atom stereocenters. The van der Waals surface area contributed by atoms with Gasteiger partial charge in [0.2, 0.25) is 0 Å². The van der Waals surface area contributed by atoms with Crippen LogP contribution in [-0.4, -0.2) is 82.5 Å². The zero-order valence-electron chi connectivity index (χ0n) is 14.7. The smallest absolute Gasteiger partial charge is 0.254 e. The van der Waals surface area contributed by atoms with Gasteiger partial charge in [-0.15, -0.1) is 0 Å². The number of nitrogens with one attached hydrogen (secondary N) is 1. The Hall–Kier alpha value is -3.13. The van der Waals surface area contributed by atoms with Crippen molar-refractivity contribution < 1.29 is 24.9 Å². The zero-order chi connectivity index (χ0) is 20.0. The van der Waals surface area contributed by atoms with E-state index in [1.54, 1.807) is 0 Å². The van der Waals surface area contributed by atoms with Gasteiger partial charge in [0.15, 0.2) is 17.7 Å². The lowest BCUT2D eigenvalue weighted by Gasteiger charge is -2.16. The van der Waals surface area contributed by atoms with Gasteiger partial charge in [-0.25, -0.2) is 9.67 Å². The van der Waals surface area contributed by atoms with Crippen LogP contribution in [0.3, 0.4) is 0 Å². The van der Waals surface area contributed by atoms with E-state index in [9.17, 15) is 20.1 Å². The first-order chi connectivity index (χ1) is 13.4. The van der Waals surface area contributed by atoms with Gasteiger partial charge in [0, 0.05) is 13.2 Å². The second-order valence-corrected chi connectivity index (χ2v) is 6.21. The Morgan fingerprint density at radius 2 is 2.14 bits per heavy atom. The molecular weight excluding hydrogens is 372 g/mol. The van der Waals surface area contributed by atoms with E-state index in [4.69, 9.17) is 10.5 Å². The number of aliphatic hydroxyl groups excluding tert-OH is 3. The fourth-order valence-electron chi connectivity index (χ4n) is 3.02. The molecule has 4 heterocycles. The minimum Gasteiger partial charge on any atom is -0.394 e. The number of nitrogens with two attached hydrogens (primary N) is 1. The van der Waals surface area contributed by atoms with Crippen molar-refractivity contribution in [1.29, 1.82) is 0 Å². The van der Waals surface area contributed by atoms with Gasteiger partial charge in [-0.05, 0) is 0 Å². The second kappa shape index (κ2) is 6.79. The summed E-state index contributed by atoms with van der Waals surface area (Å²) in [6.45, 7) is -0.459. The average Bonchev–Trinajstić information content (AvgIpc) is 3.40. The molecule has 4 atom stereocenters. The van der Waals surface area contributed by atoms with Crippen molar-refractivity contribution >= 4 is 22.9 Å². The van der Waals surface area contributed by atoms with Crippen molar-refractivity contribution in [1.82, 2.24) is 34.6 Å². The molecule has 0 bridgehead atoms. The van der Waals surface area contributed by atoms with E-state index in [1.165, 1.54) is 35.0 Å². The monoisotopic (exact) mass is 390 g/mol. The van der Waals surface area contributed by atoms with Gasteiger partial charge in [0.1, 0.15) is 23.8 Å². The summed E-state index contributed by atoms with van der Waals surface area (Å²) in [5.41, 5.74) is 6.78. The Bertz CT molecular complexity index is 1030. The highest BCUT2D eigenvalue weighted by Crippen LogP contribution is 2.32. The fourth-order valence-corrected chi connectivity index (χ4v) is 3.02. The fraction of sp³-hybridized carbons (Fsp3) is 0.400. The quantitative estimate of drug-likeness (QED) is 0.320. The molecule has 6 N–H and O–H groups in total. The molecule has 1 fully saturated rings. The number of aliphatic hydroxyl groups is 3. The lowest BCUT2D eigenvalue weighted by Crippen LogP contribution is -2.33. The highest BCUT2D eigenvalue weighted by atomic mass is 16.6. The first kappa shape index (κ1) is 18.2. The molecule has 1 amide bonds. The number of amides is 1. The number of carbonyl (C=O) groups excluding carboxylic acids is 1. The topological polar surface area (TPSA) is 186 Å². The van der Waals surface area contributed by atoms with Gasteiger partial charge in [-0.1, -0.05) is 0 Å². The SMILES string of the molecule is CNC(=O)c1cnn(-c2nc(N)c3ncn([C@@H]4O[C@H](CO)[C@H](O)C4O)c3n2)c1. The van der Waals surface area contributed by atoms with Crippen molar-refractivity contribution in [2.75, 3.05) is 19.4 Å². The molecule has 0 radical (unpaired) electrons. The third-order valence-corrected chi connectivity index (χ3v) is 4.50. The van der Waals surface area contributed by atoms with E-state index < -0.39 is 31.1 Å². The minimum atomic E-state index is -1.31. The number of hydrogen-bond acceptors (Lipinski definition) is 10. The predicted molar refractivity (Wildman–Crippen MR) is 93.3 cm³/mol. The molecule has 13 nitrogen and oxygen atoms in total. The molecule has 1 aliphatic rings. The van der Waals surface area contributed by atoms with Crippen LogP contribution in [0.1, 0.15) is 16.6 Å². The van der Waals surface area contributed by atoms with Gasteiger partial charge in [-0.3, -0.25) is 9.36 Å². The van der Waals surface area contributed by atoms with Crippen LogP contribution in [0.2, 0.25) is 0 Å². The van der Waals surface area contributed by atoms with E-state index in [0.29, 0.717) is 5.56 Å². The second-order valence-electron chi connectivity index (χ2n) is 6.21. The Morgan fingerprint density at radius 1 is 1.36 bits per heavy atom. The van der Waals surface area contributed by atoms with Crippen molar-refractivity contribution in [3.63, 3.8) is 0 Å². The molecule has 13 heteroatoms. The molecule has 148 valence electrons. The summed E-state index contributed by atoms with van der Waals surface area (Å²) < 4.78 is 8.18. The number of nitrogens with zero attached hydrogens (tertiary/aromatic N) is 6. The van der Waals surface area contributed by atoms with Gasteiger partial charge >= 0.3 is 0 Å². The molecule has 0 aliphatic carbocycles. The first-order valence-corrected chi connectivity index (χ1v) is 8.34. The number of rotatable bonds is 4. The van der Waals surface area contributed by atoms with E-state index in [1.807, 2.05) is 0 Å². The summed E-state index contributed by atoms with van der Waals surface area (Å²) in [4.78, 5) is 24.4. The minimum absolute atomic E-state index is 0.0579. The summed E-state index contributed by atoms with van der Waals surface area (Å²) in [6.07, 6.45) is -0.418. The van der Waals surface area contributed by atoms with Gasteiger partial charge in [-0.2, -0.15) is 15.1 Å². The van der Waals surface area contributed by atoms with Crippen LogP contribution in [0.4, 0.5) is 5.82 Å². The van der Waals surface area contributed by atoms with E-state index in [-0.39, 0.29) is 28.8 Å². The maximum Gasteiger partial charge on any atom is 0.254 e. The standard InChI is InChI=1S/C15H18N8O5/c1-17-13(27)6-2-19-23(3-6)15-20-11(16)8-12(21-15)22(5-18-8)14-10(26)9(25)7(4-24)28-14/h2-3,5,7,9-10,14,24-26H,4H2,1H3,(H,17,27)(H2,16,20,21)/t7-,9+,10?,14-/m1/s1. The Morgan fingerprint density at radius 3 is 2.82 bits per heavy atom. The molecule has 0 aromatic carbocycles. The number of anilines is 1. The normalized spacial score (nSPS) is 24.7. The summed E-state index contributed by atoms with van der Waals surface area (Å²) in [6, 6.07) is 0. The maximum absolute atomic E-state index is 11.7. The van der Waals surface area contributed by atoms with Crippen molar-refractivity contribution in [3.8, 4) is 5.95 Å². The zero-order valence-corrected chi connectivity index (χ0v) is 14.7. The van der Waals surface area contributed by atoms with Crippen LogP contribution in [0.15, 0.2) is 18.7 Å². The molecule has 0 spiro atoms. The first-order valence-electron chi connectivity index (χ1n) is 8.34. The summed E-state index contributed by atoms with van der Waals surface area (Å²) in [7, 11) is 1.50. The number of nitrogen functional groups attached to an aromatic ring is 1. The van der Waals surface area contributed by atoms with Crippen molar-refractivity contribution in [2.45, 2.75) is 24.5 Å². The van der Waals surface area contributed by atoms with Crippen LogP contribution in [-0.2, 0) is 4.74 Å². The largest absolute Gasteiger partial charge is 0.394 e. The maximum atomic E-state index is 11.7. The lowest BCUT2D eigenvalue weighted by atomic mass is 10.1. The summed E-state index contributed by atoms with van der Waals surface area (Å²) >= 11 is 0. The van der Waals surface area contributed by atoms with Crippen LogP contribution in [0.25, 0.3) is 17.1 Å². The number of ether oxygens (including phenoxy) is 1. The number of imidazole rings is 1. The third kappa shape index (κ3) is 2.77. The number of carbonyl (C=O) groups is 1. The van der Waals surface area contributed by atoms with Crippen molar-refractivity contribution in [3.05, 3.63) is 24.3 Å². The average molecular weight is 390 g/mol. The third-order valence-electron chi connectivity index (χ3n) is 4.50. The predicted octanol–water partition coefficient (Wildman–Crippen LogP) is -2.43. The molecule has 0 saturated carbocycles. The molecular formula is C15H18N8O5. The molecule has 3 aromatic rings. The number of aromatic nitrogens is 6. The highest BCUT2D eigenvalue weighted by molar-refractivity contribution is 5.93. The van der Waals surface area contributed by atoms with Gasteiger partial charge in [0.05, 0.1) is 24.7 Å². The summed E-state index contributed by atoms with van der Waals surface area (Å²) in [5.74, 6) is -0.187. The molecule has 3 aromatic heterocycles. The van der Waals surface area contributed by atoms with Crippen LogP contribution in [0, 0.1) is 0 Å². The van der Waals surface area contributed by atoms with Gasteiger partial charge in [0.25, 0.3) is 11.9 Å². The van der Waals surface area contributed by atoms with Gasteiger partial charge < -0.3 is 31.1 Å². The summed E-state index contributed by atoms with van der Waals surface area (Å²) in [5, 5.41) is 36.1. The van der Waals surface area contributed by atoms with Crippen LogP contribution < -0.4 is 11.1 Å². The van der Waals surface area contributed by atoms with E-state index >= 15 is 0 Å². The highest BCUT2D eigenvalue weighted by Gasteiger charge is 2.44. The molecule has 4 rings (SSSR count). The number of hydrogen-bond donors (Lipinski definition) is 5. The van der Waals surface area contributed by atoms with Crippen LogP contribution in [0.5, 0.6) is 0 Å². The Balaban J connectivity index is 1.77. The van der Waals surface area contributed by atoms with Crippen LogP contribution >= 0.6 is 0 Å². The molecule has 28 heavy (non-hydrogen) atoms. The van der Waals surface area contributed by atoms with E-state index in [2.05, 4.69) is 25.4 Å². The Labute approximate surface area is 157 Å². The van der Waals surface area contributed by atoms with E-state index in [0.717, 1.165) is 0 Å². The number of fused-ring (bicyclic) bond motifs is 1. The van der Waals surface area contributed by atoms with Crippen molar-refractivity contribution in [2.24, 2.45) is 0 Å². The molecule has 1 saturated heterocycles. The lowest BCUT2D eigenvalue weighted by molar-refractivity contribution is -0.0511.